The largest absolute Gasteiger partial charge is 0.421 e. The van der Waals surface area contributed by atoms with Gasteiger partial charge in [-0.1, -0.05) is 0 Å². The van der Waals surface area contributed by atoms with Gasteiger partial charge in [-0.3, -0.25) is 4.79 Å². The molecule has 0 heterocycles. The molecule has 1 nitrogen and oxygen atoms in total. The number of allylic oxidation sites excluding steroid dienone is 2. The Morgan fingerprint density at radius 2 is 1.45 bits per heavy atom. The van der Waals surface area contributed by atoms with Crippen molar-refractivity contribution in [3.05, 3.63) is 41.5 Å². The third-order valence-electron chi connectivity index (χ3n) is 2.26. The maximum Gasteiger partial charge on any atom is 0.421 e. The van der Waals surface area contributed by atoms with E-state index in [1.807, 2.05) is 0 Å². The van der Waals surface area contributed by atoms with Crippen molar-refractivity contribution in [2.24, 2.45) is 0 Å². The van der Waals surface area contributed by atoms with Crippen LogP contribution in [-0.2, 0) is 0 Å². The first-order valence-corrected chi connectivity index (χ1v) is 6.32. The number of alkyl halides is 6. The lowest BCUT2D eigenvalue weighted by molar-refractivity contribution is -0.171. The zero-order valence-corrected chi connectivity index (χ0v) is 10.8. The van der Waals surface area contributed by atoms with E-state index in [9.17, 15) is 31.1 Å². The molecule has 0 N–H and O–H groups in total. The molecule has 1 aromatic carbocycles. The van der Waals surface area contributed by atoms with Gasteiger partial charge in [0.05, 0.1) is 0 Å². The summed E-state index contributed by atoms with van der Waals surface area (Å²) >= 11 is 1.32. The molecular weight excluding hydrogens is 306 g/mol. The molecule has 0 aliphatic rings. The molecule has 1 rings (SSSR count). The summed E-state index contributed by atoms with van der Waals surface area (Å²) in [6.07, 6.45) is -9.95. The minimum atomic E-state index is -5.63. The molecule has 0 fully saturated rings. The van der Waals surface area contributed by atoms with E-state index in [0.29, 0.717) is 0 Å². The van der Waals surface area contributed by atoms with Gasteiger partial charge in [-0.05, 0) is 30.5 Å². The number of hydrogen-bond donors (Lipinski definition) is 0. The Bertz CT molecular complexity index is 496. The number of rotatable bonds is 3. The molecule has 0 saturated heterocycles. The Hall–Kier alpha value is -1.44. The second-order valence-corrected chi connectivity index (χ2v) is 4.53. The van der Waals surface area contributed by atoms with Gasteiger partial charge >= 0.3 is 12.4 Å². The van der Waals surface area contributed by atoms with E-state index in [4.69, 9.17) is 0 Å². The van der Waals surface area contributed by atoms with E-state index in [1.165, 1.54) is 36.0 Å². The summed E-state index contributed by atoms with van der Waals surface area (Å²) in [5, 5.41) is 0. The van der Waals surface area contributed by atoms with Crippen LogP contribution in [0.15, 0.2) is 40.8 Å². The van der Waals surface area contributed by atoms with E-state index >= 15 is 0 Å². The minimum absolute atomic E-state index is 0.242. The summed E-state index contributed by atoms with van der Waals surface area (Å²) in [6.45, 7) is 0. The maximum absolute atomic E-state index is 12.3. The molecule has 0 radical (unpaired) electrons. The van der Waals surface area contributed by atoms with E-state index < -0.39 is 29.8 Å². The predicted molar refractivity (Wildman–Crippen MR) is 62.7 cm³/mol. The molecule has 1 aromatic rings. The van der Waals surface area contributed by atoms with Crippen LogP contribution in [0.25, 0.3) is 0 Å². The van der Waals surface area contributed by atoms with E-state index in [0.717, 1.165) is 4.90 Å². The van der Waals surface area contributed by atoms with Crippen molar-refractivity contribution in [1.82, 2.24) is 0 Å². The first-order valence-electron chi connectivity index (χ1n) is 5.10. The van der Waals surface area contributed by atoms with Crippen molar-refractivity contribution >= 4 is 17.5 Å². The quantitative estimate of drug-likeness (QED) is 0.350. The summed E-state index contributed by atoms with van der Waals surface area (Å²) in [7, 11) is 0. The molecule has 110 valence electrons. The normalized spacial score (nSPS) is 12.2. The molecule has 20 heavy (non-hydrogen) atoms. The summed E-state index contributed by atoms with van der Waals surface area (Å²) in [5.74, 6) is -1.35. The molecule has 0 saturated carbocycles. The first-order chi connectivity index (χ1) is 9.05. The Morgan fingerprint density at radius 1 is 1.00 bits per heavy atom. The van der Waals surface area contributed by atoms with Crippen LogP contribution in [0.1, 0.15) is 10.4 Å². The lowest BCUT2D eigenvalue weighted by Gasteiger charge is -2.14. The summed E-state index contributed by atoms with van der Waals surface area (Å²) < 4.78 is 73.6. The number of carbonyl (C=O) groups is 1. The average Bonchev–Trinajstić information content (AvgIpc) is 2.33. The van der Waals surface area contributed by atoms with E-state index in [2.05, 4.69) is 0 Å². The van der Waals surface area contributed by atoms with Crippen LogP contribution in [-0.4, -0.2) is 24.4 Å². The lowest BCUT2D eigenvalue weighted by Crippen LogP contribution is -2.27. The second kappa shape index (κ2) is 5.90. The first kappa shape index (κ1) is 16.6. The van der Waals surface area contributed by atoms with Crippen LogP contribution in [0.4, 0.5) is 26.3 Å². The standard InChI is InChI=1S/C12H8F6OS/c1-20-8-4-2-7(3-5-8)9(19)6-10(11(13,14)15)12(16,17)18/h2-6H,1H3. The number of benzene rings is 1. The van der Waals surface area contributed by atoms with Crippen molar-refractivity contribution < 1.29 is 31.1 Å². The Balaban J connectivity index is 3.14. The van der Waals surface area contributed by atoms with Gasteiger partial charge in [-0.15, -0.1) is 11.8 Å². The highest BCUT2D eigenvalue weighted by Crippen LogP contribution is 2.38. The van der Waals surface area contributed by atoms with Gasteiger partial charge in [0.15, 0.2) is 5.78 Å². The predicted octanol–water partition coefficient (Wildman–Crippen LogP) is 4.64. The summed E-state index contributed by atoms with van der Waals surface area (Å²) in [4.78, 5) is 12.2. The number of thioether (sulfide) groups is 1. The van der Waals surface area contributed by atoms with Crippen molar-refractivity contribution in [1.29, 1.82) is 0 Å². The van der Waals surface area contributed by atoms with E-state index in [-0.39, 0.29) is 5.56 Å². The molecule has 0 atom stereocenters. The second-order valence-electron chi connectivity index (χ2n) is 3.65. The molecule has 0 aliphatic heterocycles. The average molecular weight is 314 g/mol. The fourth-order valence-corrected chi connectivity index (χ4v) is 1.70. The smallest absolute Gasteiger partial charge is 0.289 e. The van der Waals surface area contributed by atoms with Gasteiger partial charge in [0.25, 0.3) is 0 Å². The van der Waals surface area contributed by atoms with Crippen molar-refractivity contribution in [3.8, 4) is 0 Å². The van der Waals surface area contributed by atoms with Crippen LogP contribution in [0.3, 0.4) is 0 Å². The highest BCUT2D eigenvalue weighted by molar-refractivity contribution is 7.98. The molecule has 0 bridgehead atoms. The number of carbonyl (C=O) groups excluding carboxylic acids is 1. The number of ketones is 1. The van der Waals surface area contributed by atoms with Gasteiger partial charge < -0.3 is 0 Å². The van der Waals surface area contributed by atoms with Crippen LogP contribution in [0.5, 0.6) is 0 Å². The Labute approximate surface area is 114 Å². The highest BCUT2D eigenvalue weighted by Gasteiger charge is 2.51. The lowest BCUT2D eigenvalue weighted by atomic mass is 10.1. The van der Waals surface area contributed by atoms with Crippen LogP contribution in [0.2, 0.25) is 0 Å². The van der Waals surface area contributed by atoms with E-state index in [1.54, 1.807) is 6.26 Å². The Morgan fingerprint density at radius 3 is 1.80 bits per heavy atom. The zero-order chi connectivity index (χ0) is 15.6. The monoisotopic (exact) mass is 314 g/mol. The van der Waals surface area contributed by atoms with Gasteiger partial charge in [-0.25, -0.2) is 0 Å². The van der Waals surface area contributed by atoms with Crippen LogP contribution >= 0.6 is 11.8 Å². The maximum atomic E-state index is 12.3. The van der Waals surface area contributed by atoms with Crippen molar-refractivity contribution in [2.45, 2.75) is 17.2 Å². The highest BCUT2D eigenvalue weighted by atomic mass is 32.2. The summed E-state index contributed by atoms with van der Waals surface area (Å²) in [5.41, 5.74) is -3.06. The Kier molecular flexibility index (Phi) is 4.90. The molecule has 0 unspecified atom stereocenters. The summed E-state index contributed by atoms with van der Waals surface area (Å²) in [6, 6.07) is 5.23. The topological polar surface area (TPSA) is 17.1 Å². The molecule has 0 aliphatic carbocycles. The molecule has 8 heteroatoms. The third kappa shape index (κ3) is 4.29. The molecule has 0 amide bonds. The minimum Gasteiger partial charge on any atom is -0.289 e. The van der Waals surface area contributed by atoms with Crippen molar-refractivity contribution in [2.75, 3.05) is 6.26 Å². The molecular formula is C12H8F6OS. The number of halogens is 6. The van der Waals surface area contributed by atoms with Crippen molar-refractivity contribution in [3.63, 3.8) is 0 Å². The van der Waals surface area contributed by atoms with Gasteiger partial charge in [0.1, 0.15) is 5.57 Å². The fraction of sp³-hybridized carbons (Fsp3) is 0.250. The van der Waals surface area contributed by atoms with Gasteiger partial charge in [-0.2, -0.15) is 26.3 Å². The molecule has 0 spiro atoms. The zero-order valence-electron chi connectivity index (χ0n) is 9.97. The van der Waals surface area contributed by atoms with Crippen LogP contribution < -0.4 is 0 Å². The number of hydrogen-bond acceptors (Lipinski definition) is 2. The fourth-order valence-electron chi connectivity index (χ4n) is 1.29. The molecule has 0 aromatic heterocycles. The third-order valence-corrected chi connectivity index (χ3v) is 3.00. The SMILES string of the molecule is CSc1ccc(C(=O)C=C(C(F)(F)F)C(F)(F)F)cc1. The van der Waals surface area contributed by atoms with Gasteiger partial charge in [0, 0.05) is 16.5 Å². The van der Waals surface area contributed by atoms with Gasteiger partial charge in [0.2, 0.25) is 0 Å². The van der Waals surface area contributed by atoms with Crippen LogP contribution in [0, 0.1) is 0 Å².